The van der Waals surface area contributed by atoms with E-state index in [1.807, 2.05) is 0 Å². The van der Waals surface area contributed by atoms with Gasteiger partial charge >= 0.3 is 0 Å². The summed E-state index contributed by atoms with van der Waals surface area (Å²) in [6.45, 7) is 4.10. The summed E-state index contributed by atoms with van der Waals surface area (Å²) >= 11 is 0. The van der Waals surface area contributed by atoms with Crippen molar-refractivity contribution < 1.29 is 0 Å². The third-order valence-electron chi connectivity index (χ3n) is 2.68. The molecule has 0 atom stereocenters. The number of allylic oxidation sites excluding steroid dienone is 2. The van der Waals surface area contributed by atoms with Crippen molar-refractivity contribution in [3.63, 3.8) is 0 Å². The number of fused-ring (bicyclic) bond motifs is 1. The maximum Gasteiger partial charge on any atom is -0.0106 e. The third-order valence-corrected chi connectivity index (χ3v) is 2.68. The Morgan fingerprint density at radius 1 is 0.688 bits per heavy atom. The summed E-state index contributed by atoms with van der Waals surface area (Å²) in [5, 5.41) is 2.63. The normalized spacial score (nSPS) is 11.9. The lowest BCUT2D eigenvalue weighted by atomic mass is 9.99. The van der Waals surface area contributed by atoms with Crippen LogP contribution in [0.2, 0.25) is 0 Å². The van der Waals surface area contributed by atoms with Gasteiger partial charge in [-0.1, -0.05) is 60.7 Å². The highest BCUT2D eigenvalue weighted by Crippen LogP contribution is 2.24. The van der Waals surface area contributed by atoms with Crippen LogP contribution in [0.3, 0.4) is 0 Å². The molecule has 2 aromatic carbocycles. The number of rotatable bonds is 2. The second-order valence-electron chi connectivity index (χ2n) is 3.79. The zero-order valence-electron chi connectivity index (χ0n) is 9.77. The predicted molar refractivity (Wildman–Crippen MR) is 73.4 cm³/mol. The summed E-state index contributed by atoms with van der Waals surface area (Å²) in [5.74, 6) is 0. The van der Waals surface area contributed by atoms with Gasteiger partial charge in [0.1, 0.15) is 0 Å². The zero-order valence-corrected chi connectivity index (χ0v) is 9.77. The first kappa shape index (κ1) is 10.7. The van der Waals surface area contributed by atoms with Crippen LogP contribution in [-0.2, 0) is 0 Å². The molecule has 2 aromatic rings. The Labute approximate surface area is 96.9 Å². The van der Waals surface area contributed by atoms with Gasteiger partial charge in [-0.05, 0) is 35.7 Å². The van der Waals surface area contributed by atoms with E-state index in [0.29, 0.717) is 0 Å². The van der Waals surface area contributed by atoms with Gasteiger partial charge < -0.3 is 0 Å². The Hall–Kier alpha value is -1.82. The smallest absolute Gasteiger partial charge is 0.0106 e. The minimum atomic E-state index is 1.28. The van der Waals surface area contributed by atoms with E-state index < -0.39 is 0 Å². The Morgan fingerprint density at radius 3 is 1.50 bits per heavy atom. The van der Waals surface area contributed by atoms with Gasteiger partial charge in [-0.3, -0.25) is 0 Å². The van der Waals surface area contributed by atoms with E-state index in [2.05, 4.69) is 74.5 Å². The standard InChI is InChI=1S/C16H16/c1-3-7-13-11-12-14(8-4-2)16-10-6-5-9-15(13)16/h3-12H,1-2H3/b7-3+,8-4+. The fraction of sp³-hybridized carbons (Fsp3) is 0.125. The van der Waals surface area contributed by atoms with Gasteiger partial charge in [0, 0.05) is 0 Å². The number of hydrogen-bond donors (Lipinski definition) is 0. The molecule has 80 valence electrons. The molecule has 0 aliphatic rings. The molecular weight excluding hydrogens is 192 g/mol. The van der Waals surface area contributed by atoms with Crippen molar-refractivity contribution in [2.75, 3.05) is 0 Å². The van der Waals surface area contributed by atoms with E-state index in [1.54, 1.807) is 0 Å². The SMILES string of the molecule is C/C=C/c1ccc(/C=C/C)c2ccccc12. The highest BCUT2D eigenvalue weighted by molar-refractivity contribution is 5.96. The van der Waals surface area contributed by atoms with Crippen LogP contribution in [0.5, 0.6) is 0 Å². The quantitative estimate of drug-likeness (QED) is 0.658. The first-order chi connectivity index (χ1) is 7.86. The van der Waals surface area contributed by atoms with Crippen molar-refractivity contribution in [3.05, 3.63) is 59.7 Å². The van der Waals surface area contributed by atoms with Crippen LogP contribution in [0.4, 0.5) is 0 Å². The minimum Gasteiger partial charge on any atom is -0.0870 e. The Morgan fingerprint density at radius 2 is 1.12 bits per heavy atom. The average Bonchev–Trinajstić information content (AvgIpc) is 2.33. The van der Waals surface area contributed by atoms with Crippen LogP contribution in [0.25, 0.3) is 22.9 Å². The first-order valence-corrected chi connectivity index (χ1v) is 5.64. The van der Waals surface area contributed by atoms with Crippen LogP contribution >= 0.6 is 0 Å². The van der Waals surface area contributed by atoms with E-state index in [0.717, 1.165) is 0 Å². The first-order valence-electron chi connectivity index (χ1n) is 5.64. The van der Waals surface area contributed by atoms with Gasteiger partial charge in [0.2, 0.25) is 0 Å². The van der Waals surface area contributed by atoms with Gasteiger partial charge in [0.15, 0.2) is 0 Å². The van der Waals surface area contributed by atoms with Crippen LogP contribution in [-0.4, -0.2) is 0 Å². The van der Waals surface area contributed by atoms with Crippen molar-refractivity contribution in [2.45, 2.75) is 13.8 Å². The van der Waals surface area contributed by atoms with E-state index in [4.69, 9.17) is 0 Å². The molecule has 0 unspecified atom stereocenters. The van der Waals surface area contributed by atoms with Gasteiger partial charge in [-0.15, -0.1) is 0 Å². The van der Waals surface area contributed by atoms with Gasteiger partial charge in [-0.2, -0.15) is 0 Å². The Bertz CT molecular complexity index is 494. The summed E-state index contributed by atoms with van der Waals surface area (Å²) in [4.78, 5) is 0. The lowest BCUT2D eigenvalue weighted by Crippen LogP contribution is -1.82. The van der Waals surface area contributed by atoms with Gasteiger partial charge in [0.05, 0.1) is 0 Å². The van der Waals surface area contributed by atoms with Crippen molar-refractivity contribution in [1.82, 2.24) is 0 Å². The number of hydrogen-bond acceptors (Lipinski definition) is 0. The maximum atomic E-state index is 2.18. The average molecular weight is 208 g/mol. The Kier molecular flexibility index (Phi) is 3.21. The summed E-state index contributed by atoms with van der Waals surface area (Å²) in [6, 6.07) is 12.9. The van der Waals surface area contributed by atoms with Crippen LogP contribution in [0, 0.1) is 0 Å². The van der Waals surface area contributed by atoms with Gasteiger partial charge in [0.25, 0.3) is 0 Å². The molecule has 0 aliphatic heterocycles. The summed E-state index contributed by atoms with van der Waals surface area (Å²) < 4.78 is 0. The minimum absolute atomic E-state index is 1.28. The zero-order chi connectivity index (χ0) is 11.4. The van der Waals surface area contributed by atoms with E-state index in [9.17, 15) is 0 Å². The lowest BCUT2D eigenvalue weighted by Gasteiger charge is -2.05. The fourth-order valence-electron chi connectivity index (χ4n) is 2.00. The molecule has 0 heteroatoms. The van der Waals surface area contributed by atoms with E-state index in [-0.39, 0.29) is 0 Å². The molecule has 0 saturated heterocycles. The van der Waals surface area contributed by atoms with Crippen LogP contribution in [0.1, 0.15) is 25.0 Å². The maximum absolute atomic E-state index is 2.18. The van der Waals surface area contributed by atoms with Crippen LogP contribution in [0.15, 0.2) is 48.6 Å². The molecule has 16 heavy (non-hydrogen) atoms. The molecule has 0 heterocycles. The number of benzene rings is 2. The molecule has 0 aliphatic carbocycles. The molecule has 0 amide bonds. The largest absolute Gasteiger partial charge is 0.0870 e. The summed E-state index contributed by atoms with van der Waals surface area (Å²) in [7, 11) is 0. The van der Waals surface area contributed by atoms with Gasteiger partial charge in [-0.25, -0.2) is 0 Å². The fourth-order valence-corrected chi connectivity index (χ4v) is 2.00. The van der Waals surface area contributed by atoms with Crippen molar-refractivity contribution in [3.8, 4) is 0 Å². The molecule has 0 saturated carbocycles. The van der Waals surface area contributed by atoms with Crippen molar-refractivity contribution >= 4 is 22.9 Å². The lowest BCUT2D eigenvalue weighted by molar-refractivity contribution is 1.66. The topological polar surface area (TPSA) is 0 Å². The second-order valence-corrected chi connectivity index (χ2v) is 3.79. The monoisotopic (exact) mass is 208 g/mol. The molecule has 0 spiro atoms. The predicted octanol–water partition coefficient (Wildman–Crippen LogP) is 4.91. The molecular formula is C16H16. The van der Waals surface area contributed by atoms with E-state index >= 15 is 0 Å². The van der Waals surface area contributed by atoms with E-state index in [1.165, 1.54) is 21.9 Å². The highest BCUT2D eigenvalue weighted by atomic mass is 14.0. The second kappa shape index (κ2) is 4.80. The van der Waals surface area contributed by atoms with Crippen molar-refractivity contribution in [2.24, 2.45) is 0 Å². The molecule has 0 fully saturated rings. The van der Waals surface area contributed by atoms with Crippen LogP contribution < -0.4 is 0 Å². The molecule has 2 rings (SSSR count). The molecule has 0 nitrogen and oxygen atoms in total. The molecule has 0 N–H and O–H groups in total. The highest BCUT2D eigenvalue weighted by Gasteiger charge is 2.00. The summed E-state index contributed by atoms with van der Waals surface area (Å²) in [5.41, 5.74) is 2.57. The molecule has 0 radical (unpaired) electrons. The summed E-state index contributed by atoms with van der Waals surface area (Å²) in [6.07, 6.45) is 8.47. The molecule has 0 bridgehead atoms. The Balaban J connectivity index is 2.76. The van der Waals surface area contributed by atoms with Crippen molar-refractivity contribution in [1.29, 1.82) is 0 Å². The molecule has 0 aromatic heterocycles. The third kappa shape index (κ3) is 1.92.